The summed E-state index contributed by atoms with van der Waals surface area (Å²) < 4.78 is 10.9. The molecule has 2 N–H and O–H groups in total. The van der Waals surface area contributed by atoms with E-state index in [0.29, 0.717) is 12.3 Å². The first-order valence-electron chi connectivity index (χ1n) is 8.50. The van der Waals surface area contributed by atoms with Crippen molar-refractivity contribution in [1.82, 2.24) is 10.6 Å². The van der Waals surface area contributed by atoms with Gasteiger partial charge < -0.3 is 20.1 Å². The minimum atomic E-state index is -0.348. The van der Waals surface area contributed by atoms with Crippen LogP contribution in [0.25, 0.3) is 0 Å². The van der Waals surface area contributed by atoms with Gasteiger partial charge in [-0.3, -0.25) is 9.59 Å². The Kier molecular flexibility index (Phi) is 7.49. The molecule has 0 aliphatic rings. The third-order valence-corrected chi connectivity index (χ3v) is 3.34. The van der Waals surface area contributed by atoms with Gasteiger partial charge in [-0.2, -0.15) is 0 Å². The molecule has 0 aliphatic heterocycles. The summed E-state index contributed by atoms with van der Waals surface area (Å²) in [7, 11) is 0. The standard InChI is InChI=1S/C20H24N2O4/c1-15(2)26-18-10-8-16(9-11-18)12-21-19(23)13-22-20(24)14-25-17-6-4-3-5-7-17/h3-11,15H,12-14H2,1-2H3,(H,21,23)(H,22,24). The fourth-order valence-corrected chi connectivity index (χ4v) is 2.12. The molecule has 6 heteroatoms. The van der Waals surface area contributed by atoms with E-state index in [-0.39, 0.29) is 31.1 Å². The van der Waals surface area contributed by atoms with Crippen LogP contribution in [-0.4, -0.2) is 31.1 Å². The lowest BCUT2D eigenvalue weighted by Crippen LogP contribution is -2.38. The Morgan fingerprint density at radius 3 is 2.23 bits per heavy atom. The van der Waals surface area contributed by atoms with Crippen LogP contribution >= 0.6 is 0 Å². The molecule has 2 aromatic rings. The number of para-hydroxylation sites is 1. The van der Waals surface area contributed by atoms with Crippen LogP contribution in [0.15, 0.2) is 54.6 Å². The van der Waals surface area contributed by atoms with Crippen molar-refractivity contribution in [2.24, 2.45) is 0 Å². The summed E-state index contributed by atoms with van der Waals surface area (Å²) in [4.78, 5) is 23.5. The molecule has 0 saturated heterocycles. The molecule has 0 unspecified atom stereocenters. The Morgan fingerprint density at radius 1 is 0.885 bits per heavy atom. The lowest BCUT2D eigenvalue weighted by molar-refractivity contribution is -0.127. The molecule has 0 aliphatic carbocycles. The Labute approximate surface area is 153 Å². The van der Waals surface area contributed by atoms with E-state index in [1.165, 1.54) is 0 Å². The van der Waals surface area contributed by atoms with Crippen molar-refractivity contribution in [3.05, 3.63) is 60.2 Å². The van der Waals surface area contributed by atoms with E-state index in [4.69, 9.17) is 9.47 Å². The first kappa shape index (κ1) is 19.3. The van der Waals surface area contributed by atoms with Gasteiger partial charge in [0.15, 0.2) is 6.61 Å². The summed E-state index contributed by atoms with van der Waals surface area (Å²) in [6.45, 7) is 4.10. The molecule has 0 bridgehead atoms. The van der Waals surface area contributed by atoms with E-state index >= 15 is 0 Å². The van der Waals surface area contributed by atoms with Crippen LogP contribution in [-0.2, 0) is 16.1 Å². The van der Waals surface area contributed by atoms with Crippen molar-refractivity contribution in [2.75, 3.05) is 13.2 Å². The Bertz CT molecular complexity index is 700. The molecule has 0 fully saturated rings. The molecule has 2 aromatic carbocycles. The number of rotatable bonds is 9. The first-order valence-corrected chi connectivity index (χ1v) is 8.50. The number of benzene rings is 2. The smallest absolute Gasteiger partial charge is 0.258 e. The quantitative estimate of drug-likeness (QED) is 0.723. The molecule has 26 heavy (non-hydrogen) atoms. The van der Waals surface area contributed by atoms with Gasteiger partial charge in [-0.25, -0.2) is 0 Å². The van der Waals surface area contributed by atoms with Gasteiger partial charge in [-0.15, -0.1) is 0 Å². The van der Waals surface area contributed by atoms with Gasteiger partial charge >= 0.3 is 0 Å². The summed E-state index contributed by atoms with van der Waals surface area (Å²) >= 11 is 0. The molecule has 2 amide bonds. The molecule has 0 heterocycles. The molecule has 0 radical (unpaired) electrons. The normalized spacial score (nSPS) is 10.3. The number of carbonyl (C=O) groups excluding carboxylic acids is 2. The highest BCUT2D eigenvalue weighted by Crippen LogP contribution is 2.13. The molecule has 0 atom stereocenters. The summed E-state index contributed by atoms with van der Waals surface area (Å²) in [5.74, 6) is 0.789. The lowest BCUT2D eigenvalue weighted by Gasteiger charge is -2.11. The van der Waals surface area contributed by atoms with Gasteiger partial charge in [0, 0.05) is 6.54 Å². The first-order chi connectivity index (χ1) is 12.5. The molecule has 2 rings (SSSR count). The predicted molar refractivity (Wildman–Crippen MR) is 99.0 cm³/mol. The van der Waals surface area contributed by atoms with Crippen LogP contribution in [0.1, 0.15) is 19.4 Å². The molecule has 0 spiro atoms. The van der Waals surface area contributed by atoms with Gasteiger partial charge in [0.05, 0.1) is 12.6 Å². The van der Waals surface area contributed by atoms with Gasteiger partial charge in [0.1, 0.15) is 11.5 Å². The number of amides is 2. The number of hydrogen-bond acceptors (Lipinski definition) is 4. The van der Waals surface area contributed by atoms with E-state index in [1.807, 2.05) is 56.3 Å². The van der Waals surface area contributed by atoms with Gasteiger partial charge in [0.25, 0.3) is 5.91 Å². The number of carbonyl (C=O) groups is 2. The summed E-state index contributed by atoms with van der Waals surface area (Å²) in [5, 5.41) is 5.28. The van der Waals surface area contributed by atoms with E-state index in [0.717, 1.165) is 11.3 Å². The minimum absolute atomic E-state index is 0.0917. The Hall–Kier alpha value is -3.02. The molecular weight excluding hydrogens is 332 g/mol. The highest BCUT2D eigenvalue weighted by atomic mass is 16.5. The molecule has 6 nitrogen and oxygen atoms in total. The van der Waals surface area contributed by atoms with E-state index in [1.54, 1.807) is 12.1 Å². The highest BCUT2D eigenvalue weighted by molar-refractivity contribution is 5.85. The Morgan fingerprint density at radius 2 is 1.58 bits per heavy atom. The number of hydrogen-bond donors (Lipinski definition) is 2. The van der Waals surface area contributed by atoms with Crippen molar-refractivity contribution in [3.8, 4) is 11.5 Å². The maximum atomic E-state index is 11.8. The Balaban J connectivity index is 1.64. The van der Waals surface area contributed by atoms with Crippen LogP contribution in [0.4, 0.5) is 0 Å². The summed E-state index contributed by atoms with van der Waals surface area (Å²) in [6.07, 6.45) is 0.120. The molecule has 0 saturated carbocycles. The number of ether oxygens (including phenoxy) is 2. The average molecular weight is 356 g/mol. The van der Waals surface area contributed by atoms with Crippen LogP contribution in [0.3, 0.4) is 0 Å². The zero-order valence-electron chi connectivity index (χ0n) is 15.0. The molecule has 0 aromatic heterocycles. The maximum Gasteiger partial charge on any atom is 0.258 e. The van der Waals surface area contributed by atoms with Crippen LogP contribution < -0.4 is 20.1 Å². The van der Waals surface area contributed by atoms with Crippen molar-refractivity contribution in [2.45, 2.75) is 26.5 Å². The van der Waals surface area contributed by atoms with Gasteiger partial charge in [-0.05, 0) is 43.7 Å². The van der Waals surface area contributed by atoms with Crippen molar-refractivity contribution < 1.29 is 19.1 Å². The SMILES string of the molecule is CC(C)Oc1ccc(CNC(=O)CNC(=O)COc2ccccc2)cc1. The largest absolute Gasteiger partial charge is 0.491 e. The van der Waals surface area contributed by atoms with Crippen LogP contribution in [0.5, 0.6) is 11.5 Å². The second kappa shape index (κ2) is 10.1. The zero-order chi connectivity index (χ0) is 18.8. The minimum Gasteiger partial charge on any atom is -0.491 e. The van der Waals surface area contributed by atoms with Crippen molar-refractivity contribution in [1.29, 1.82) is 0 Å². The fraction of sp³-hybridized carbons (Fsp3) is 0.300. The number of nitrogens with one attached hydrogen (secondary N) is 2. The van der Waals surface area contributed by atoms with Crippen molar-refractivity contribution >= 4 is 11.8 Å². The second-order valence-corrected chi connectivity index (χ2v) is 5.97. The fourth-order valence-electron chi connectivity index (χ4n) is 2.12. The summed E-state index contributed by atoms with van der Waals surface area (Å²) in [6, 6.07) is 16.5. The van der Waals surface area contributed by atoms with Crippen LogP contribution in [0.2, 0.25) is 0 Å². The van der Waals surface area contributed by atoms with Crippen molar-refractivity contribution in [3.63, 3.8) is 0 Å². The average Bonchev–Trinajstić information content (AvgIpc) is 2.64. The third-order valence-electron chi connectivity index (χ3n) is 3.34. The van der Waals surface area contributed by atoms with Gasteiger partial charge in [0.2, 0.25) is 5.91 Å². The predicted octanol–water partition coefficient (Wildman–Crippen LogP) is 2.29. The molecule has 138 valence electrons. The third kappa shape index (κ3) is 7.25. The van der Waals surface area contributed by atoms with Crippen LogP contribution in [0, 0.1) is 0 Å². The summed E-state index contributed by atoms with van der Waals surface area (Å²) in [5.41, 5.74) is 0.952. The zero-order valence-corrected chi connectivity index (χ0v) is 15.0. The van der Waals surface area contributed by atoms with E-state index < -0.39 is 0 Å². The molecular formula is C20H24N2O4. The van der Waals surface area contributed by atoms with E-state index in [2.05, 4.69) is 10.6 Å². The topological polar surface area (TPSA) is 76.7 Å². The van der Waals surface area contributed by atoms with Gasteiger partial charge in [-0.1, -0.05) is 30.3 Å². The monoisotopic (exact) mass is 356 g/mol. The van der Waals surface area contributed by atoms with E-state index in [9.17, 15) is 9.59 Å². The lowest BCUT2D eigenvalue weighted by atomic mass is 10.2. The maximum absolute atomic E-state index is 11.8. The highest BCUT2D eigenvalue weighted by Gasteiger charge is 2.06. The second-order valence-electron chi connectivity index (χ2n) is 5.97.